The van der Waals surface area contributed by atoms with Crippen LogP contribution in [0.25, 0.3) is 0 Å². The van der Waals surface area contributed by atoms with Crippen LogP contribution >= 0.6 is 11.8 Å². The number of hydrogen-bond donors (Lipinski definition) is 4. The molecule has 3 rings (SSSR count). The van der Waals surface area contributed by atoms with Crippen LogP contribution in [-0.4, -0.2) is 29.4 Å². The first-order chi connectivity index (χ1) is 14.1. The van der Waals surface area contributed by atoms with Crippen LogP contribution in [0.2, 0.25) is 0 Å². The molecule has 0 spiro atoms. The first-order valence-corrected chi connectivity index (χ1v) is 11.7. The Kier molecular flexibility index (Phi) is 13.1. The van der Waals surface area contributed by atoms with E-state index in [1.807, 2.05) is 13.8 Å². The summed E-state index contributed by atoms with van der Waals surface area (Å²) in [6.07, 6.45) is 9.98. The SMILES string of the molecule is CC.NN/C(C(=O)O)=C(\N)SC1CCCCC1.c1ccc(N2CCCCC2)cc1. The average molecular weight is 423 g/mol. The highest BCUT2D eigenvalue weighted by Crippen LogP contribution is 2.31. The van der Waals surface area contributed by atoms with Gasteiger partial charge in [-0.25, -0.2) is 4.79 Å². The van der Waals surface area contributed by atoms with Crippen molar-refractivity contribution in [3.8, 4) is 0 Å². The molecular formula is C22H38N4O2S. The zero-order chi connectivity index (χ0) is 21.5. The number of hydrogen-bond acceptors (Lipinski definition) is 6. The number of hydrazine groups is 1. The predicted octanol–water partition coefficient (Wildman–Crippen LogP) is 4.43. The number of anilines is 1. The summed E-state index contributed by atoms with van der Waals surface area (Å²) in [5, 5.41) is 9.49. The van der Waals surface area contributed by atoms with Gasteiger partial charge >= 0.3 is 5.97 Å². The minimum atomic E-state index is -1.11. The van der Waals surface area contributed by atoms with Crippen molar-refractivity contribution < 1.29 is 9.90 Å². The van der Waals surface area contributed by atoms with E-state index in [1.54, 1.807) is 0 Å². The lowest BCUT2D eigenvalue weighted by Gasteiger charge is -2.28. The first-order valence-electron chi connectivity index (χ1n) is 10.8. The normalized spacial score (nSPS) is 17.7. The van der Waals surface area contributed by atoms with E-state index in [-0.39, 0.29) is 10.7 Å². The molecule has 0 aromatic heterocycles. The van der Waals surface area contributed by atoms with Gasteiger partial charge in [0, 0.05) is 24.0 Å². The number of carboxylic acids is 1. The molecular weight excluding hydrogens is 384 g/mol. The Balaban J connectivity index is 0.000000272. The van der Waals surface area contributed by atoms with Gasteiger partial charge in [-0.3, -0.25) is 5.84 Å². The number of nitrogens with two attached hydrogens (primary N) is 2. The van der Waals surface area contributed by atoms with Crippen LogP contribution in [0.3, 0.4) is 0 Å². The van der Waals surface area contributed by atoms with E-state index in [0.29, 0.717) is 5.25 Å². The molecule has 1 saturated heterocycles. The molecule has 1 aliphatic carbocycles. The van der Waals surface area contributed by atoms with Crippen molar-refractivity contribution >= 4 is 23.4 Å². The van der Waals surface area contributed by atoms with Gasteiger partial charge in [0.25, 0.3) is 0 Å². The van der Waals surface area contributed by atoms with Crippen LogP contribution in [0.4, 0.5) is 5.69 Å². The Morgan fingerprint density at radius 2 is 1.59 bits per heavy atom. The van der Waals surface area contributed by atoms with Crippen LogP contribution in [-0.2, 0) is 4.79 Å². The fourth-order valence-electron chi connectivity index (χ4n) is 3.45. The number of benzene rings is 1. The van der Waals surface area contributed by atoms with Crippen molar-refractivity contribution in [1.29, 1.82) is 0 Å². The van der Waals surface area contributed by atoms with E-state index in [1.165, 1.54) is 69.1 Å². The lowest BCUT2D eigenvalue weighted by atomic mass is 10.0. The molecule has 0 amide bonds. The second-order valence-corrected chi connectivity index (χ2v) is 8.29. The van der Waals surface area contributed by atoms with Gasteiger partial charge in [0.2, 0.25) is 0 Å². The minimum absolute atomic E-state index is 0.106. The molecule has 29 heavy (non-hydrogen) atoms. The Morgan fingerprint density at radius 1 is 1.03 bits per heavy atom. The molecule has 6 N–H and O–H groups in total. The van der Waals surface area contributed by atoms with Gasteiger partial charge in [-0.05, 0) is 44.2 Å². The summed E-state index contributed by atoms with van der Waals surface area (Å²) >= 11 is 1.42. The van der Waals surface area contributed by atoms with Gasteiger partial charge in [0.05, 0.1) is 5.03 Å². The van der Waals surface area contributed by atoms with Crippen molar-refractivity contribution in [2.24, 2.45) is 11.6 Å². The van der Waals surface area contributed by atoms with E-state index in [4.69, 9.17) is 16.7 Å². The van der Waals surface area contributed by atoms with E-state index in [0.717, 1.165) is 12.8 Å². The summed E-state index contributed by atoms with van der Waals surface area (Å²) in [5.74, 6) is 3.99. The van der Waals surface area contributed by atoms with Gasteiger partial charge < -0.3 is 21.2 Å². The summed E-state index contributed by atoms with van der Waals surface area (Å²) in [7, 11) is 0. The topological polar surface area (TPSA) is 105 Å². The third-order valence-corrected chi connectivity index (χ3v) is 6.19. The molecule has 0 radical (unpaired) electrons. The lowest BCUT2D eigenvalue weighted by molar-refractivity contribution is -0.133. The van der Waals surface area contributed by atoms with E-state index < -0.39 is 5.97 Å². The average Bonchev–Trinajstić information content (AvgIpc) is 2.78. The molecule has 1 aromatic rings. The second kappa shape index (κ2) is 15.0. The number of nitrogens with one attached hydrogen (secondary N) is 1. The summed E-state index contributed by atoms with van der Waals surface area (Å²) < 4.78 is 0. The number of rotatable bonds is 5. The number of carboxylic acid groups (broad SMARTS) is 1. The molecule has 1 saturated carbocycles. The summed E-state index contributed by atoms with van der Waals surface area (Å²) in [6.45, 7) is 6.48. The zero-order valence-electron chi connectivity index (χ0n) is 17.9. The number of para-hydroxylation sites is 1. The van der Waals surface area contributed by atoms with Crippen LogP contribution in [0.5, 0.6) is 0 Å². The Hall–Kier alpha value is -1.86. The molecule has 6 nitrogen and oxygen atoms in total. The van der Waals surface area contributed by atoms with E-state index >= 15 is 0 Å². The monoisotopic (exact) mass is 422 g/mol. The largest absolute Gasteiger partial charge is 0.476 e. The Bertz CT molecular complexity index is 598. The van der Waals surface area contributed by atoms with Crippen LogP contribution in [0.1, 0.15) is 65.2 Å². The maximum absolute atomic E-state index is 10.7. The van der Waals surface area contributed by atoms with Gasteiger partial charge in [0.1, 0.15) is 0 Å². The minimum Gasteiger partial charge on any atom is -0.476 e. The number of aliphatic carboxylic acids is 1. The van der Waals surface area contributed by atoms with Crippen molar-refractivity contribution in [1.82, 2.24) is 5.43 Å². The van der Waals surface area contributed by atoms with Gasteiger partial charge in [0.15, 0.2) is 5.70 Å². The second-order valence-electron chi connectivity index (χ2n) is 6.95. The van der Waals surface area contributed by atoms with E-state index in [2.05, 4.69) is 40.7 Å². The molecule has 7 heteroatoms. The fraction of sp³-hybridized carbons (Fsp3) is 0.591. The smallest absolute Gasteiger partial charge is 0.356 e. The molecule has 1 heterocycles. The predicted molar refractivity (Wildman–Crippen MR) is 124 cm³/mol. The number of nitrogens with zero attached hydrogens (tertiary/aromatic N) is 1. The quantitative estimate of drug-likeness (QED) is 0.316. The third kappa shape index (κ3) is 9.45. The number of carbonyl (C=O) groups is 1. The summed E-state index contributed by atoms with van der Waals surface area (Å²) in [5.41, 5.74) is 9.08. The summed E-state index contributed by atoms with van der Waals surface area (Å²) in [4.78, 5) is 13.2. The van der Waals surface area contributed by atoms with Gasteiger partial charge in [-0.1, -0.05) is 51.3 Å². The lowest BCUT2D eigenvalue weighted by Crippen LogP contribution is -2.30. The Labute approximate surface area is 180 Å². The molecule has 1 aliphatic heterocycles. The van der Waals surface area contributed by atoms with Crippen LogP contribution in [0.15, 0.2) is 41.1 Å². The zero-order valence-corrected chi connectivity index (χ0v) is 18.7. The van der Waals surface area contributed by atoms with E-state index in [9.17, 15) is 4.79 Å². The third-order valence-electron chi connectivity index (χ3n) is 4.93. The summed E-state index contributed by atoms with van der Waals surface area (Å²) in [6, 6.07) is 10.7. The molecule has 0 atom stereocenters. The Morgan fingerprint density at radius 3 is 2.10 bits per heavy atom. The highest BCUT2D eigenvalue weighted by Gasteiger charge is 2.18. The fourth-order valence-corrected chi connectivity index (χ4v) is 4.64. The molecule has 2 fully saturated rings. The molecule has 164 valence electrons. The van der Waals surface area contributed by atoms with Crippen molar-refractivity contribution in [3.63, 3.8) is 0 Å². The van der Waals surface area contributed by atoms with Gasteiger partial charge in [-0.15, -0.1) is 11.8 Å². The maximum Gasteiger partial charge on any atom is 0.356 e. The van der Waals surface area contributed by atoms with Crippen molar-refractivity contribution in [2.75, 3.05) is 18.0 Å². The highest BCUT2D eigenvalue weighted by atomic mass is 32.2. The number of piperidine rings is 1. The first kappa shape index (κ1) is 25.2. The van der Waals surface area contributed by atoms with Crippen molar-refractivity contribution in [2.45, 2.75) is 70.5 Å². The van der Waals surface area contributed by atoms with Crippen LogP contribution < -0.4 is 21.9 Å². The molecule has 2 aliphatic rings. The standard InChI is InChI=1S/C11H15N.C9H17N3O2S.C2H6/c1-3-7-11(8-4-1)12-9-5-2-6-10-12;10-8(7(12-11)9(13)14)15-6-4-2-1-3-5-6;1-2/h1,3-4,7-8H,2,5-6,9-10H2;6,12H,1-5,10-11H2,(H,13,14);1-2H3/b;8-7+;. The molecule has 0 bridgehead atoms. The maximum atomic E-state index is 10.7. The molecule has 1 aromatic carbocycles. The van der Waals surface area contributed by atoms with Gasteiger partial charge in [-0.2, -0.15) is 0 Å². The number of thioether (sulfide) groups is 1. The van der Waals surface area contributed by atoms with Crippen LogP contribution in [0, 0.1) is 0 Å². The highest BCUT2D eigenvalue weighted by molar-refractivity contribution is 8.03. The van der Waals surface area contributed by atoms with Crippen molar-refractivity contribution in [3.05, 3.63) is 41.1 Å². The molecule has 0 unspecified atom stereocenters.